The molecule has 2 rings (SSSR count). The van der Waals surface area contributed by atoms with E-state index >= 15 is 0 Å². The molecule has 0 radical (unpaired) electrons. The normalized spacial score (nSPS) is 23.6. The molecule has 1 aliphatic rings. The maximum absolute atomic E-state index is 12.2. The average Bonchev–Trinajstić information content (AvgIpc) is 2.71. The second kappa shape index (κ2) is 5.64. The zero-order valence-corrected chi connectivity index (χ0v) is 12.4. The van der Waals surface area contributed by atoms with Crippen LogP contribution in [0.15, 0.2) is 10.3 Å². The largest absolute Gasteiger partial charge is 0.385 e. The zero-order valence-electron chi connectivity index (χ0n) is 10.7. The Morgan fingerprint density at radius 1 is 1.60 bits per heavy atom. The lowest BCUT2D eigenvalue weighted by Gasteiger charge is -2.27. The molecule has 20 heavy (non-hydrogen) atoms. The molecular weight excluding hydrogens is 306 g/mol. The molecule has 1 aliphatic heterocycles. The Morgan fingerprint density at radius 2 is 2.30 bits per heavy atom. The van der Waals surface area contributed by atoms with Crippen LogP contribution in [0.25, 0.3) is 0 Å². The van der Waals surface area contributed by atoms with Crippen LogP contribution in [-0.4, -0.2) is 32.1 Å². The van der Waals surface area contributed by atoms with Gasteiger partial charge in [0.05, 0.1) is 11.0 Å². The summed E-state index contributed by atoms with van der Waals surface area (Å²) in [6.07, 6.45) is 1.13. The number of nitro groups is 1. The Kier molecular flexibility index (Phi) is 4.28. The summed E-state index contributed by atoms with van der Waals surface area (Å²) < 4.78 is 32.1. The van der Waals surface area contributed by atoms with Gasteiger partial charge in [0.2, 0.25) is 0 Å². The molecule has 1 saturated heterocycles. The number of ether oxygens (including phenoxy) is 1. The third-order valence-corrected chi connectivity index (χ3v) is 5.93. The number of rotatable bonds is 4. The van der Waals surface area contributed by atoms with Crippen molar-refractivity contribution >= 4 is 32.0 Å². The predicted octanol–water partition coefficient (Wildman–Crippen LogP) is 1.08. The molecule has 0 aliphatic carbocycles. The van der Waals surface area contributed by atoms with E-state index in [1.165, 1.54) is 0 Å². The lowest BCUT2D eigenvalue weighted by atomic mass is 10.1. The molecule has 112 valence electrons. The third kappa shape index (κ3) is 3.26. The molecule has 10 heteroatoms. The number of thiophene rings is 1. The molecule has 0 aromatic carbocycles. The van der Waals surface area contributed by atoms with E-state index < -0.39 is 14.9 Å². The van der Waals surface area contributed by atoms with E-state index in [1.807, 2.05) is 6.92 Å². The first-order valence-electron chi connectivity index (χ1n) is 5.97. The lowest BCUT2D eigenvalue weighted by Crippen LogP contribution is -2.40. The number of sulfonamides is 1. The zero-order chi connectivity index (χ0) is 14.9. The number of nitrogens with zero attached hydrogens (tertiary/aromatic N) is 1. The van der Waals surface area contributed by atoms with Gasteiger partial charge in [-0.1, -0.05) is 11.3 Å². The van der Waals surface area contributed by atoms with E-state index in [0.29, 0.717) is 30.8 Å². The highest BCUT2D eigenvalue weighted by Crippen LogP contribution is 2.34. The topological polar surface area (TPSA) is 125 Å². The molecule has 2 atom stereocenters. The Balaban J connectivity index is 2.18. The summed E-state index contributed by atoms with van der Waals surface area (Å²) in [5, 5.41) is 10.6. The van der Waals surface area contributed by atoms with Gasteiger partial charge in [-0.2, -0.15) is 0 Å². The monoisotopic (exact) mass is 321 g/mol. The number of hydrogen-bond acceptors (Lipinski definition) is 7. The molecule has 8 nitrogen and oxygen atoms in total. The fraction of sp³-hybridized carbons (Fsp3) is 0.600. The Labute approximate surface area is 120 Å². The lowest BCUT2D eigenvalue weighted by molar-refractivity contribution is -0.383. The highest BCUT2D eigenvalue weighted by atomic mass is 32.2. The quantitative estimate of drug-likeness (QED) is 0.631. The fourth-order valence-electron chi connectivity index (χ4n) is 2.03. The van der Waals surface area contributed by atoms with Gasteiger partial charge in [-0.15, -0.1) is 0 Å². The van der Waals surface area contributed by atoms with Crippen LogP contribution in [0, 0.1) is 10.1 Å². The minimum atomic E-state index is -3.79. The molecule has 3 N–H and O–H groups in total. The Hall–Kier alpha value is -1.23. The van der Waals surface area contributed by atoms with Crippen LogP contribution in [0.5, 0.6) is 0 Å². The van der Waals surface area contributed by atoms with Crippen LogP contribution in [0.3, 0.4) is 0 Å². The molecule has 0 bridgehead atoms. The van der Waals surface area contributed by atoms with Gasteiger partial charge in [0, 0.05) is 18.7 Å². The molecule has 2 unspecified atom stereocenters. The van der Waals surface area contributed by atoms with Crippen LogP contribution in [0.2, 0.25) is 0 Å². The first-order valence-corrected chi connectivity index (χ1v) is 8.27. The van der Waals surface area contributed by atoms with Crippen molar-refractivity contribution in [2.24, 2.45) is 0 Å². The molecule has 1 aromatic heterocycles. The van der Waals surface area contributed by atoms with Crippen molar-refractivity contribution in [3.8, 4) is 0 Å². The van der Waals surface area contributed by atoms with Crippen LogP contribution < -0.4 is 10.5 Å². The van der Waals surface area contributed by atoms with Gasteiger partial charge in [0.1, 0.15) is 4.21 Å². The fourth-order valence-corrected chi connectivity index (χ4v) is 4.54. The Morgan fingerprint density at radius 3 is 2.85 bits per heavy atom. The van der Waals surface area contributed by atoms with Gasteiger partial charge < -0.3 is 10.5 Å². The van der Waals surface area contributed by atoms with Crippen LogP contribution in [0.1, 0.15) is 19.8 Å². The molecule has 0 amide bonds. The van der Waals surface area contributed by atoms with E-state index in [2.05, 4.69) is 4.72 Å². The third-order valence-electron chi connectivity index (χ3n) is 2.99. The highest BCUT2D eigenvalue weighted by molar-refractivity contribution is 7.91. The summed E-state index contributed by atoms with van der Waals surface area (Å²) in [5.41, 5.74) is 5.08. The number of nitrogen functional groups attached to an aromatic ring is 1. The van der Waals surface area contributed by atoms with E-state index in [4.69, 9.17) is 10.5 Å². The summed E-state index contributed by atoms with van der Waals surface area (Å²) in [6, 6.07) is 0.761. The minimum absolute atomic E-state index is 0.0146. The van der Waals surface area contributed by atoms with Gasteiger partial charge >= 0.3 is 5.69 Å². The van der Waals surface area contributed by atoms with Crippen molar-refractivity contribution in [3.63, 3.8) is 0 Å². The first-order chi connectivity index (χ1) is 9.29. The molecule has 1 aromatic rings. The van der Waals surface area contributed by atoms with E-state index in [1.54, 1.807) is 0 Å². The Bertz CT molecular complexity index is 612. The number of nitrogens with two attached hydrogens (primary N) is 1. The second-order valence-electron chi connectivity index (χ2n) is 4.60. The first kappa shape index (κ1) is 15.2. The average molecular weight is 321 g/mol. The standard InChI is InChI=1S/C10H15N3O5S2/c1-6-4-7(2-3-18-6)12-20(16,17)9-5-8(13(14)15)10(11)19-9/h5-7,12H,2-4,11H2,1H3. The smallest absolute Gasteiger partial charge is 0.304 e. The number of anilines is 1. The summed E-state index contributed by atoms with van der Waals surface area (Å²) >= 11 is 0.693. The van der Waals surface area contributed by atoms with E-state index in [-0.39, 0.29) is 27.0 Å². The maximum atomic E-state index is 12.2. The highest BCUT2D eigenvalue weighted by Gasteiger charge is 2.29. The molecule has 0 spiro atoms. The molecular formula is C10H15N3O5S2. The van der Waals surface area contributed by atoms with Gasteiger partial charge in [0.25, 0.3) is 10.0 Å². The van der Waals surface area contributed by atoms with Gasteiger partial charge in [-0.3, -0.25) is 10.1 Å². The summed E-state index contributed by atoms with van der Waals surface area (Å²) in [4.78, 5) is 10.0. The molecule has 2 heterocycles. The van der Waals surface area contributed by atoms with Crippen molar-refractivity contribution in [2.75, 3.05) is 12.3 Å². The SMILES string of the molecule is CC1CC(NS(=O)(=O)c2cc([N+](=O)[O-])c(N)s2)CCO1. The second-order valence-corrected chi connectivity index (χ2v) is 7.62. The van der Waals surface area contributed by atoms with Crippen molar-refractivity contribution in [3.05, 3.63) is 16.2 Å². The van der Waals surface area contributed by atoms with Crippen LogP contribution >= 0.6 is 11.3 Å². The van der Waals surface area contributed by atoms with Crippen LogP contribution in [0.4, 0.5) is 10.7 Å². The van der Waals surface area contributed by atoms with Gasteiger partial charge in [0.15, 0.2) is 5.00 Å². The number of nitrogens with one attached hydrogen (secondary N) is 1. The van der Waals surface area contributed by atoms with E-state index in [0.717, 1.165) is 6.07 Å². The molecule has 1 fully saturated rings. The predicted molar refractivity (Wildman–Crippen MR) is 74.1 cm³/mol. The minimum Gasteiger partial charge on any atom is -0.385 e. The number of hydrogen-bond donors (Lipinski definition) is 2. The van der Waals surface area contributed by atoms with E-state index in [9.17, 15) is 18.5 Å². The molecule has 0 saturated carbocycles. The van der Waals surface area contributed by atoms with Crippen molar-refractivity contribution in [1.82, 2.24) is 4.72 Å². The van der Waals surface area contributed by atoms with Gasteiger partial charge in [-0.05, 0) is 19.8 Å². The van der Waals surface area contributed by atoms with Crippen molar-refractivity contribution in [1.29, 1.82) is 0 Å². The van der Waals surface area contributed by atoms with Crippen molar-refractivity contribution in [2.45, 2.75) is 36.1 Å². The summed E-state index contributed by atoms with van der Waals surface area (Å²) in [7, 11) is -3.79. The van der Waals surface area contributed by atoms with Crippen LogP contribution in [-0.2, 0) is 14.8 Å². The van der Waals surface area contributed by atoms with Crippen molar-refractivity contribution < 1.29 is 18.1 Å². The maximum Gasteiger partial charge on any atom is 0.304 e. The van der Waals surface area contributed by atoms with Gasteiger partial charge in [-0.25, -0.2) is 13.1 Å². The summed E-state index contributed by atoms with van der Waals surface area (Å²) in [6.45, 7) is 2.36. The summed E-state index contributed by atoms with van der Waals surface area (Å²) in [5.74, 6) is 0.